The number of nitrogens with zero attached hydrogens (tertiary/aromatic N) is 1. The normalized spacial score (nSPS) is 10.1. The molecule has 0 aliphatic rings. The number of carbonyl (C=O) groups is 2. The maximum atomic E-state index is 12.2. The van der Waals surface area contributed by atoms with Gasteiger partial charge in [-0.1, -0.05) is 54.6 Å². The van der Waals surface area contributed by atoms with Gasteiger partial charge in [-0.05, 0) is 29.3 Å². The van der Waals surface area contributed by atoms with Crippen LogP contribution in [0, 0.1) is 10.1 Å². The molecule has 7 heteroatoms. The molecule has 0 spiro atoms. The van der Waals surface area contributed by atoms with Crippen LogP contribution < -0.4 is 10.9 Å². The van der Waals surface area contributed by atoms with Gasteiger partial charge in [0.05, 0.1) is 4.92 Å². The van der Waals surface area contributed by atoms with Crippen molar-refractivity contribution in [3.8, 4) is 11.1 Å². The minimum Gasteiger partial charge on any atom is -0.267 e. The maximum absolute atomic E-state index is 12.2. The lowest BCUT2D eigenvalue weighted by atomic mass is 10.0. The van der Waals surface area contributed by atoms with Crippen LogP contribution in [0.5, 0.6) is 0 Å². The molecular weight excluding hydrogens is 346 g/mol. The molecule has 27 heavy (non-hydrogen) atoms. The number of benzene rings is 3. The van der Waals surface area contributed by atoms with Gasteiger partial charge in [0.15, 0.2) is 0 Å². The quantitative estimate of drug-likeness (QED) is 0.550. The predicted molar refractivity (Wildman–Crippen MR) is 99.9 cm³/mol. The van der Waals surface area contributed by atoms with Crippen LogP contribution in [0.15, 0.2) is 78.9 Å². The second-order valence-electron chi connectivity index (χ2n) is 5.63. The van der Waals surface area contributed by atoms with Crippen molar-refractivity contribution in [3.05, 3.63) is 100 Å². The second-order valence-corrected chi connectivity index (χ2v) is 5.63. The van der Waals surface area contributed by atoms with Crippen LogP contribution in [-0.4, -0.2) is 16.7 Å². The average Bonchev–Trinajstić information content (AvgIpc) is 2.72. The van der Waals surface area contributed by atoms with E-state index in [2.05, 4.69) is 10.9 Å². The molecule has 3 rings (SSSR count). The molecule has 0 saturated carbocycles. The van der Waals surface area contributed by atoms with Crippen LogP contribution in [0.3, 0.4) is 0 Å². The van der Waals surface area contributed by atoms with E-state index >= 15 is 0 Å². The van der Waals surface area contributed by atoms with E-state index < -0.39 is 16.7 Å². The lowest BCUT2D eigenvalue weighted by Gasteiger charge is -2.08. The van der Waals surface area contributed by atoms with Crippen molar-refractivity contribution in [2.24, 2.45) is 0 Å². The van der Waals surface area contributed by atoms with Gasteiger partial charge in [-0.2, -0.15) is 0 Å². The first-order chi connectivity index (χ1) is 13.1. The first-order valence-corrected chi connectivity index (χ1v) is 8.06. The Kier molecular flexibility index (Phi) is 5.22. The van der Waals surface area contributed by atoms with Crippen molar-refractivity contribution in [1.29, 1.82) is 0 Å². The fourth-order valence-electron chi connectivity index (χ4n) is 2.52. The van der Waals surface area contributed by atoms with E-state index in [1.54, 1.807) is 24.3 Å². The number of nitro groups is 1. The molecule has 2 N–H and O–H groups in total. The van der Waals surface area contributed by atoms with Crippen LogP contribution >= 0.6 is 0 Å². The van der Waals surface area contributed by atoms with E-state index in [4.69, 9.17) is 0 Å². The topological polar surface area (TPSA) is 101 Å². The average molecular weight is 361 g/mol. The molecule has 0 bridgehead atoms. The van der Waals surface area contributed by atoms with Gasteiger partial charge in [0.2, 0.25) is 0 Å². The molecule has 134 valence electrons. The largest absolute Gasteiger partial charge is 0.282 e. The van der Waals surface area contributed by atoms with E-state index in [1.807, 2.05) is 30.3 Å². The zero-order chi connectivity index (χ0) is 19.2. The van der Waals surface area contributed by atoms with Crippen LogP contribution in [0.1, 0.15) is 20.7 Å². The summed E-state index contributed by atoms with van der Waals surface area (Å²) in [4.78, 5) is 34.6. The van der Waals surface area contributed by atoms with Crippen molar-refractivity contribution in [1.82, 2.24) is 10.9 Å². The number of nitrogens with one attached hydrogen (secondary N) is 2. The fourth-order valence-corrected chi connectivity index (χ4v) is 2.52. The van der Waals surface area contributed by atoms with Gasteiger partial charge in [0.25, 0.3) is 17.5 Å². The molecule has 0 aromatic heterocycles. The molecule has 3 aromatic rings. The number of nitro benzene ring substituents is 1. The van der Waals surface area contributed by atoms with Crippen molar-refractivity contribution in [2.75, 3.05) is 0 Å². The Labute approximate surface area is 154 Å². The summed E-state index contributed by atoms with van der Waals surface area (Å²) in [5.74, 6) is -1.29. The van der Waals surface area contributed by atoms with Gasteiger partial charge in [0.1, 0.15) is 5.56 Å². The van der Waals surface area contributed by atoms with Gasteiger partial charge in [-0.3, -0.25) is 30.6 Å². The standard InChI is InChI=1S/C20H15N3O4/c24-19(16-12-10-15(11-13-16)14-6-2-1-3-7-14)21-22-20(25)17-8-4-5-9-18(17)23(26)27/h1-13H,(H,21,24)(H,22,25). The highest BCUT2D eigenvalue weighted by Crippen LogP contribution is 2.19. The summed E-state index contributed by atoms with van der Waals surface area (Å²) in [6, 6.07) is 22.1. The number of rotatable bonds is 4. The van der Waals surface area contributed by atoms with Crippen LogP contribution in [0.25, 0.3) is 11.1 Å². The Hall–Kier alpha value is -4.00. The fraction of sp³-hybridized carbons (Fsp3) is 0. The highest BCUT2D eigenvalue weighted by atomic mass is 16.6. The Morgan fingerprint density at radius 3 is 1.93 bits per heavy atom. The van der Waals surface area contributed by atoms with Crippen molar-refractivity contribution in [2.45, 2.75) is 0 Å². The third kappa shape index (κ3) is 4.16. The van der Waals surface area contributed by atoms with Crippen LogP contribution in [-0.2, 0) is 0 Å². The number of hydrazine groups is 1. The molecule has 0 saturated heterocycles. The van der Waals surface area contributed by atoms with Crippen LogP contribution in [0.2, 0.25) is 0 Å². The Morgan fingerprint density at radius 1 is 0.704 bits per heavy atom. The number of carbonyl (C=O) groups excluding carboxylic acids is 2. The van der Waals surface area contributed by atoms with E-state index in [9.17, 15) is 19.7 Å². The van der Waals surface area contributed by atoms with Crippen molar-refractivity contribution >= 4 is 17.5 Å². The molecule has 0 unspecified atom stereocenters. The maximum Gasteiger partial charge on any atom is 0.282 e. The molecule has 0 aliphatic heterocycles. The predicted octanol–water partition coefficient (Wildman–Crippen LogP) is 3.34. The molecule has 3 aromatic carbocycles. The summed E-state index contributed by atoms with van der Waals surface area (Å²) in [5.41, 5.74) is 6.31. The number of hydrogen-bond acceptors (Lipinski definition) is 4. The third-order valence-corrected chi connectivity index (χ3v) is 3.89. The molecule has 0 fully saturated rings. The summed E-state index contributed by atoms with van der Waals surface area (Å²) in [7, 11) is 0. The van der Waals surface area contributed by atoms with Gasteiger partial charge >= 0.3 is 0 Å². The highest BCUT2D eigenvalue weighted by Gasteiger charge is 2.19. The molecule has 0 aliphatic carbocycles. The van der Waals surface area contributed by atoms with E-state index in [-0.39, 0.29) is 11.3 Å². The summed E-state index contributed by atoms with van der Waals surface area (Å²) in [6.07, 6.45) is 0. The lowest BCUT2D eigenvalue weighted by Crippen LogP contribution is -2.41. The summed E-state index contributed by atoms with van der Waals surface area (Å²) >= 11 is 0. The van der Waals surface area contributed by atoms with E-state index in [1.165, 1.54) is 24.3 Å². The molecule has 0 atom stereocenters. The van der Waals surface area contributed by atoms with Gasteiger partial charge in [-0.15, -0.1) is 0 Å². The summed E-state index contributed by atoms with van der Waals surface area (Å²) < 4.78 is 0. The third-order valence-electron chi connectivity index (χ3n) is 3.89. The molecule has 2 amide bonds. The first kappa shape index (κ1) is 17.8. The van der Waals surface area contributed by atoms with E-state index in [0.717, 1.165) is 11.1 Å². The molecule has 0 radical (unpaired) electrons. The Balaban J connectivity index is 1.66. The second kappa shape index (κ2) is 7.92. The zero-order valence-electron chi connectivity index (χ0n) is 14.1. The van der Waals surface area contributed by atoms with Gasteiger partial charge < -0.3 is 0 Å². The monoisotopic (exact) mass is 361 g/mol. The smallest absolute Gasteiger partial charge is 0.267 e. The first-order valence-electron chi connectivity index (χ1n) is 8.06. The van der Waals surface area contributed by atoms with E-state index in [0.29, 0.717) is 5.56 Å². The number of para-hydroxylation sites is 1. The minimum atomic E-state index is -0.767. The minimum absolute atomic E-state index is 0.137. The zero-order valence-corrected chi connectivity index (χ0v) is 14.1. The van der Waals surface area contributed by atoms with Crippen molar-refractivity contribution < 1.29 is 14.5 Å². The Bertz CT molecular complexity index is 986. The lowest BCUT2D eigenvalue weighted by molar-refractivity contribution is -0.385. The van der Waals surface area contributed by atoms with Gasteiger partial charge in [-0.25, -0.2) is 0 Å². The van der Waals surface area contributed by atoms with Crippen LogP contribution in [0.4, 0.5) is 5.69 Å². The highest BCUT2D eigenvalue weighted by molar-refractivity contribution is 6.01. The number of amides is 2. The molecular formula is C20H15N3O4. The van der Waals surface area contributed by atoms with Gasteiger partial charge in [0, 0.05) is 11.6 Å². The summed E-state index contributed by atoms with van der Waals surface area (Å²) in [5, 5.41) is 11.0. The molecule has 7 nitrogen and oxygen atoms in total. The number of hydrogen-bond donors (Lipinski definition) is 2. The Morgan fingerprint density at radius 2 is 1.26 bits per heavy atom. The SMILES string of the molecule is O=C(NNC(=O)c1ccccc1[N+](=O)[O-])c1ccc(-c2ccccc2)cc1. The summed E-state index contributed by atoms with van der Waals surface area (Å²) in [6.45, 7) is 0. The van der Waals surface area contributed by atoms with Crippen molar-refractivity contribution in [3.63, 3.8) is 0 Å². The molecule has 0 heterocycles.